The highest BCUT2D eigenvalue weighted by Crippen LogP contribution is 2.14. The van der Waals surface area contributed by atoms with Crippen LogP contribution in [0.2, 0.25) is 0 Å². The van der Waals surface area contributed by atoms with Crippen molar-refractivity contribution in [1.29, 1.82) is 0 Å². The second-order valence-electron chi connectivity index (χ2n) is 4.21. The molecule has 0 saturated heterocycles. The average molecular weight is 291 g/mol. The molecule has 2 rings (SSSR count). The van der Waals surface area contributed by atoms with Gasteiger partial charge in [0.2, 0.25) is 0 Å². The first kappa shape index (κ1) is 14.3. The van der Waals surface area contributed by atoms with Crippen LogP contribution in [0.25, 0.3) is 0 Å². The number of hydrogen-bond acceptors (Lipinski definition) is 5. The van der Waals surface area contributed by atoms with E-state index in [1.807, 2.05) is 6.20 Å². The van der Waals surface area contributed by atoms with E-state index in [1.165, 1.54) is 4.88 Å². The number of thiazole rings is 1. The van der Waals surface area contributed by atoms with Gasteiger partial charge in [0.1, 0.15) is 10.8 Å². The summed E-state index contributed by atoms with van der Waals surface area (Å²) in [6, 6.07) is 6.93. The lowest BCUT2D eigenvalue weighted by atomic mass is 10.3. The number of anilines is 1. The van der Waals surface area contributed by atoms with Crippen molar-refractivity contribution < 1.29 is 9.53 Å². The van der Waals surface area contributed by atoms with Crippen LogP contribution in [-0.4, -0.2) is 17.5 Å². The van der Waals surface area contributed by atoms with Crippen molar-refractivity contribution >= 4 is 22.9 Å². The fourth-order valence-corrected chi connectivity index (χ4v) is 2.33. The topological polar surface area (TPSA) is 77.2 Å². The van der Waals surface area contributed by atoms with E-state index < -0.39 is 0 Å². The number of nitrogens with two attached hydrogens (primary N) is 1. The SMILES string of the molecule is CCc1cnc(CNC(=O)COc2ccc(N)cc2)s1. The normalized spacial score (nSPS) is 10.2. The lowest BCUT2D eigenvalue weighted by Crippen LogP contribution is -2.28. The van der Waals surface area contributed by atoms with Crippen LogP contribution in [-0.2, 0) is 17.8 Å². The van der Waals surface area contributed by atoms with Gasteiger partial charge in [0, 0.05) is 16.8 Å². The predicted molar refractivity (Wildman–Crippen MR) is 79.7 cm³/mol. The first-order chi connectivity index (χ1) is 9.67. The molecular weight excluding hydrogens is 274 g/mol. The minimum atomic E-state index is -0.171. The van der Waals surface area contributed by atoms with E-state index in [1.54, 1.807) is 35.6 Å². The minimum absolute atomic E-state index is 0.0179. The van der Waals surface area contributed by atoms with Gasteiger partial charge in [-0.2, -0.15) is 0 Å². The maximum atomic E-state index is 11.6. The molecule has 3 N–H and O–H groups in total. The summed E-state index contributed by atoms with van der Waals surface area (Å²) in [7, 11) is 0. The molecule has 20 heavy (non-hydrogen) atoms. The average Bonchev–Trinajstić information content (AvgIpc) is 2.92. The van der Waals surface area contributed by atoms with Gasteiger partial charge in [0.05, 0.1) is 6.54 Å². The number of aromatic nitrogens is 1. The molecular formula is C14H17N3O2S. The third-order valence-electron chi connectivity index (χ3n) is 2.64. The van der Waals surface area contributed by atoms with Crippen LogP contribution >= 0.6 is 11.3 Å². The maximum Gasteiger partial charge on any atom is 0.258 e. The Balaban J connectivity index is 1.74. The van der Waals surface area contributed by atoms with Gasteiger partial charge in [-0.05, 0) is 30.7 Å². The molecule has 5 nitrogen and oxygen atoms in total. The highest BCUT2D eigenvalue weighted by molar-refractivity contribution is 7.11. The molecule has 0 aliphatic rings. The molecule has 106 valence electrons. The highest BCUT2D eigenvalue weighted by Gasteiger charge is 2.05. The highest BCUT2D eigenvalue weighted by atomic mass is 32.1. The summed E-state index contributed by atoms with van der Waals surface area (Å²) in [6.45, 7) is 2.50. The van der Waals surface area contributed by atoms with Gasteiger partial charge < -0.3 is 15.8 Å². The molecule has 6 heteroatoms. The first-order valence-corrected chi connectivity index (χ1v) is 7.17. The third-order valence-corrected chi connectivity index (χ3v) is 3.78. The van der Waals surface area contributed by atoms with Crippen LogP contribution in [0.4, 0.5) is 5.69 Å². The number of nitrogens with one attached hydrogen (secondary N) is 1. The molecule has 0 atom stereocenters. The molecule has 0 aliphatic carbocycles. The summed E-state index contributed by atoms with van der Waals surface area (Å²) >= 11 is 1.61. The number of carbonyl (C=O) groups is 1. The smallest absolute Gasteiger partial charge is 0.258 e. The van der Waals surface area contributed by atoms with Gasteiger partial charge in [0.25, 0.3) is 5.91 Å². The van der Waals surface area contributed by atoms with E-state index >= 15 is 0 Å². The van der Waals surface area contributed by atoms with E-state index in [0.29, 0.717) is 18.0 Å². The molecule has 0 spiro atoms. The predicted octanol–water partition coefficient (Wildman–Crippen LogP) is 1.98. The Morgan fingerprint density at radius 1 is 1.40 bits per heavy atom. The molecule has 1 aromatic carbocycles. The zero-order valence-electron chi connectivity index (χ0n) is 11.3. The Hall–Kier alpha value is -2.08. The fourth-order valence-electron chi connectivity index (χ4n) is 1.53. The van der Waals surface area contributed by atoms with Crippen molar-refractivity contribution in [1.82, 2.24) is 10.3 Å². The largest absolute Gasteiger partial charge is 0.484 e. The summed E-state index contributed by atoms with van der Waals surface area (Å²) in [5.41, 5.74) is 6.23. The van der Waals surface area contributed by atoms with Crippen LogP contribution in [0.15, 0.2) is 30.5 Å². The van der Waals surface area contributed by atoms with E-state index in [0.717, 1.165) is 11.4 Å². The molecule has 1 aromatic heterocycles. The number of carbonyl (C=O) groups excluding carboxylic acids is 1. The molecule has 0 bridgehead atoms. The number of hydrogen-bond donors (Lipinski definition) is 2. The number of ether oxygens (including phenoxy) is 1. The van der Waals surface area contributed by atoms with Gasteiger partial charge in [-0.25, -0.2) is 4.98 Å². The Morgan fingerprint density at radius 3 is 2.80 bits per heavy atom. The molecule has 0 aliphatic heterocycles. The second-order valence-corrected chi connectivity index (χ2v) is 5.41. The fraction of sp³-hybridized carbons (Fsp3) is 0.286. The van der Waals surface area contributed by atoms with Gasteiger partial charge in [-0.3, -0.25) is 4.79 Å². The van der Waals surface area contributed by atoms with Gasteiger partial charge in [0.15, 0.2) is 6.61 Å². The monoisotopic (exact) mass is 291 g/mol. The zero-order valence-corrected chi connectivity index (χ0v) is 12.1. The van der Waals surface area contributed by atoms with E-state index in [4.69, 9.17) is 10.5 Å². The quantitative estimate of drug-likeness (QED) is 0.798. The number of rotatable bonds is 6. The Kier molecular flexibility index (Phi) is 4.95. The second kappa shape index (κ2) is 6.91. The molecule has 2 aromatic rings. The zero-order chi connectivity index (χ0) is 14.4. The standard InChI is InChI=1S/C14H17N3O2S/c1-2-12-7-17-14(20-12)8-16-13(18)9-19-11-5-3-10(15)4-6-11/h3-7H,2,8-9,15H2,1H3,(H,16,18). The van der Waals surface area contributed by atoms with Gasteiger partial charge in [-0.1, -0.05) is 6.92 Å². The Labute approximate surface area is 121 Å². The van der Waals surface area contributed by atoms with Crippen molar-refractivity contribution in [2.75, 3.05) is 12.3 Å². The number of aryl methyl sites for hydroxylation is 1. The van der Waals surface area contributed by atoms with Crippen molar-refractivity contribution in [3.05, 3.63) is 40.3 Å². The number of nitrogens with zero attached hydrogens (tertiary/aromatic N) is 1. The van der Waals surface area contributed by atoms with Crippen molar-refractivity contribution in [3.63, 3.8) is 0 Å². The Bertz CT molecular complexity index is 566. The van der Waals surface area contributed by atoms with Crippen LogP contribution in [0.3, 0.4) is 0 Å². The summed E-state index contributed by atoms with van der Waals surface area (Å²) in [6.07, 6.45) is 2.81. The molecule has 0 fully saturated rings. The first-order valence-electron chi connectivity index (χ1n) is 6.36. The number of nitrogen functional groups attached to an aromatic ring is 1. The van der Waals surface area contributed by atoms with Gasteiger partial charge >= 0.3 is 0 Å². The summed E-state index contributed by atoms with van der Waals surface area (Å²) in [5, 5.41) is 3.68. The van der Waals surface area contributed by atoms with E-state index in [-0.39, 0.29) is 12.5 Å². The number of benzene rings is 1. The molecule has 0 unspecified atom stereocenters. The van der Waals surface area contributed by atoms with Crippen LogP contribution in [0, 0.1) is 0 Å². The van der Waals surface area contributed by atoms with Crippen LogP contribution in [0.1, 0.15) is 16.8 Å². The molecule has 0 radical (unpaired) electrons. The summed E-state index contributed by atoms with van der Waals surface area (Å²) in [5.74, 6) is 0.451. The van der Waals surface area contributed by atoms with Crippen LogP contribution in [0.5, 0.6) is 5.75 Å². The summed E-state index contributed by atoms with van der Waals surface area (Å²) < 4.78 is 5.35. The van der Waals surface area contributed by atoms with Crippen molar-refractivity contribution in [3.8, 4) is 5.75 Å². The maximum absolute atomic E-state index is 11.6. The van der Waals surface area contributed by atoms with E-state index in [2.05, 4.69) is 17.2 Å². The number of amides is 1. The lowest BCUT2D eigenvalue weighted by molar-refractivity contribution is -0.123. The van der Waals surface area contributed by atoms with Gasteiger partial charge in [-0.15, -0.1) is 11.3 Å². The molecule has 1 amide bonds. The Morgan fingerprint density at radius 2 is 2.15 bits per heavy atom. The summed E-state index contributed by atoms with van der Waals surface area (Å²) in [4.78, 5) is 17.1. The van der Waals surface area contributed by atoms with Crippen molar-refractivity contribution in [2.24, 2.45) is 0 Å². The molecule has 0 saturated carbocycles. The third kappa shape index (κ3) is 4.24. The van der Waals surface area contributed by atoms with E-state index in [9.17, 15) is 4.79 Å². The lowest BCUT2D eigenvalue weighted by Gasteiger charge is -2.06. The molecule has 1 heterocycles. The minimum Gasteiger partial charge on any atom is -0.484 e. The van der Waals surface area contributed by atoms with Crippen molar-refractivity contribution in [2.45, 2.75) is 19.9 Å². The van der Waals surface area contributed by atoms with Crippen LogP contribution < -0.4 is 15.8 Å².